The molecule has 0 heterocycles. The van der Waals surface area contributed by atoms with Crippen molar-refractivity contribution in [3.63, 3.8) is 0 Å². The third kappa shape index (κ3) is 7.51. The van der Waals surface area contributed by atoms with Gasteiger partial charge in [0, 0.05) is 6.61 Å². The molecule has 0 fully saturated rings. The van der Waals surface area contributed by atoms with Crippen LogP contribution in [0, 0.1) is 0 Å². The number of nitrogens with zero attached hydrogens (tertiary/aromatic N) is 1. The smallest absolute Gasteiger partial charge is 0.317 e. The fourth-order valence-electron chi connectivity index (χ4n) is 1.04. The summed E-state index contributed by atoms with van der Waals surface area (Å²) in [5, 5.41) is 25.4. The fourth-order valence-corrected chi connectivity index (χ4v) is 1.04. The van der Waals surface area contributed by atoms with E-state index in [1.165, 1.54) is 4.90 Å². The van der Waals surface area contributed by atoms with Crippen LogP contribution in [-0.2, 0) is 9.59 Å². The summed E-state index contributed by atoms with van der Waals surface area (Å²) in [6, 6.07) is 0. The molecular formula is C8H15NO5. The zero-order valence-electron chi connectivity index (χ0n) is 7.85. The van der Waals surface area contributed by atoms with Crippen molar-refractivity contribution >= 4 is 11.9 Å². The van der Waals surface area contributed by atoms with Gasteiger partial charge in [0.2, 0.25) is 0 Å². The van der Waals surface area contributed by atoms with Gasteiger partial charge in [0.05, 0.1) is 13.1 Å². The third-order valence-corrected chi connectivity index (χ3v) is 1.60. The zero-order chi connectivity index (χ0) is 11.0. The number of rotatable bonds is 8. The molecule has 0 atom stereocenters. The number of carbonyl (C=O) groups is 2. The second-order valence-corrected chi connectivity index (χ2v) is 2.93. The Morgan fingerprint density at radius 3 is 1.86 bits per heavy atom. The van der Waals surface area contributed by atoms with Crippen LogP contribution in [-0.4, -0.2) is 58.4 Å². The Kier molecular flexibility index (Phi) is 6.69. The molecule has 0 amide bonds. The van der Waals surface area contributed by atoms with E-state index >= 15 is 0 Å². The minimum absolute atomic E-state index is 0.0357. The van der Waals surface area contributed by atoms with Crippen molar-refractivity contribution in [3.05, 3.63) is 0 Å². The predicted molar refractivity (Wildman–Crippen MR) is 48.0 cm³/mol. The Balaban J connectivity index is 3.84. The molecule has 6 heteroatoms. The number of carboxylic acids is 2. The largest absolute Gasteiger partial charge is 0.480 e. The van der Waals surface area contributed by atoms with Crippen LogP contribution in [0.5, 0.6) is 0 Å². The van der Waals surface area contributed by atoms with Gasteiger partial charge in [0.1, 0.15) is 0 Å². The second kappa shape index (κ2) is 7.28. The van der Waals surface area contributed by atoms with Crippen molar-refractivity contribution in [3.8, 4) is 0 Å². The van der Waals surface area contributed by atoms with Crippen molar-refractivity contribution in [1.29, 1.82) is 0 Å². The Hall–Kier alpha value is -1.14. The Morgan fingerprint density at radius 1 is 1.00 bits per heavy atom. The average Bonchev–Trinajstić information content (AvgIpc) is 2.02. The Labute approximate surface area is 81.8 Å². The molecule has 0 rings (SSSR count). The van der Waals surface area contributed by atoms with E-state index in [-0.39, 0.29) is 19.7 Å². The Bertz CT molecular complexity index is 178. The molecule has 0 saturated heterocycles. The first-order valence-electron chi connectivity index (χ1n) is 4.33. The van der Waals surface area contributed by atoms with Crippen molar-refractivity contribution in [1.82, 2.24) is 4.90 Å². The van der Waals surface area contributed by atoms with Crippen molar-refractivity contribution in [2.45, 2.75) is 12.8 Å². The van der Waals surface area contributed by atoms with Crippen LogP contribution in [0.15, 0.2) is 0 Å². The van der Waals surface area contributed by atoms with Crippen LogP contribution < -0.4 is 0 Å². The quantitative estimate of drug-likeness (QED) is 0.450. The third-order valence-electron chi connectivity index (χ3n) is 1.60. The van der Waals surface area contributed by atoms with Gasteiger partial charge in [-0.25, -0.2) is 0 Å². The number of aliphatic hydroxyl groups excluding tert-OH is 1. The summed E-state index contributed by atoms with van der Waals surface area (Å²) in [5.74, 6) is -2.09. The van der Waals surface area contributed by atoms with Crippen LogP contribution in [0.2, 0.25) is 0 Å². The van der Waals surface area contributed by atoms with Crippen LogP contribution in [0.3, 0.4) is 0 Å². The first kappa shape index (κ1) is 12.9. The Morgan fingerprint density at radius 2 is 1.50 bits per heavy atom. The number of aliphatic hydroxyl groups is 1. The molecule has 14 heavy (non-hydrogen) atoms. The SMILES string of the molecule is O=C(O)CN(CCCCO)CC(=O)O. The van der Waals surface area contributed by atoms with E-state index in [1.807, 2.05) is 0 Å². The predicted octanol–water partition coefficient (Wildman–Crippen LogP) is -0.770. The maximum atomic E-state index is 10.3. The molecule has 0 aromatic carbocycles. The van der Waals surface area contributed by atoms with E-state index in [2.05, 4.69) is 0 Å². The van der Waals surface area contributed by atoms with Crippen LogP contribution in [0.25, 0.3) is 0 Å². The van der Waals surface area contributed by atoms with E-state index in [0.29, 0.717) is 19.4 Å². The van der Waals surface area contributed by atoms with Gasteiger partial charge in [0.25, 0.3) is 0 Å². The normalized spacial score (nSPS) is 10.4. The molecule has 82 valence electrons. The summed E-state index contributed by atoms with van der Waals surface area (Å²) in [5.41, 5.74) is 0. The van der Waals surface area contributed by atoms with Gasteiger partial charge in [-0.3, -0.25) is 14.5 Å². The van der Waals surface area contributed by atoms with Crippen molar-refractivity contribution in [2.75, 3.05) is 26.2 Å². The first-order chi connectivity index (χ1) is 6.56. The lowest BCUT2D eigenvalue weighted by atomic mass is 10.3. The minimum atomic E-state index is -1.05. The fraction of sp³-hybridized carbons (Fsp3) is 0.750. The van der Waals surface area contributed by atoms with Crippen LogP contribution >= 0.6 is 0 Å². The van der Waals surface area contributed by atoms with Gasteiger partial charge in [-0.1, -0.05) is 0 Å². The van der Waals surface area contributed by atoms with E-state index < -0.39 is 11.9 Å². The number of unbranched alkanes of at least 4 members (excludes halogenated alkanes) is 1. The van der Waals surface area contributed by atoms with Gasteiger partial charge in [-0.05, 0) is 19.4 Å². The highest BCUT2D eigenvalue weighted by molar-refractivity contribution is 5.72. The summed E-state index contributed by atoms with van der Waals surface area (Å²) in [7, 11) is 0. The highest BCUT2D eigenvalue weighted by Gasteiger charge is 2.12. The lowest BCUT2D eigenvalue weighted by molar-refractivity contribution is -0.141. The molecule has 0 unspecified atom stereocenters. The number of aliphatic carboxylic acids is 2. The molecule has 3 N–H and O–H groups in total. The van der Waals surface area contributed by atoms with E-state index in [0.717, 1.165) is 0 Å². The first-order valence-corrected chi connectivity index (χ1v) is 4.33. The van der Waals surface area contributed by atoms with E-state index in [1.54, 1.807) is 0 Å². The van der Waals surface area contributed by atoms with Crippen LogP contribution in [0.4, 0.5) is 0 Å². The van der Waals surface area contributed by atoms with Crippen molar-refractivity contribution in [2.24, 2.45) is 0 Å². The number of hydrogen-bond acceptors (Lipinski definition) is 4. The number of carboxylic acid groups (broad SMARTS) is 2. The zero-order valence-corrected chi connectivity index (χ0v) is 7.85. The van der Waals surface area contributed by atoms with E-state index in [9.17, 15) is 9.59 Å². The standard InChI is InChI=1S/C8H15NO5/c10-4-2-1-3-9(5-7(11)12)6-8(13)14/h10H,1-6H2,(H,11,12)(H,13,14). The summed E-state index contributed by atoms with van der Waals surface area (Å²) in [6.07, 6.45) is 1.15. The molecule has 0 aromatic heterocycles. The lowest BCUT2D eigenvalue weighted by Crippen LogP contribution is -2.35. The van der Waals surface area contributed by atoms with Gasteiger partial charge < -0.3 is 15.3 Å². The lowest BCUT2D eigenvalue weighted by Gasteiger charge is -2.17. The molecule has 0 aromatic rings. The summed E-state index contributed by atoms with van der Waals surface area (Å²) in [6.45, 7) is -0.150. The van der Waals surface area contributed by atoms with Crippen molar-refractivity contribution < 1.29 is 24.9 Å². The molecule has 0 bridgehead atoms. The molecule has 6 nitrogen and oxygen atoms in total. The molecule has 0 aliphatic rings. The highest BCUT2D eigenvalue weighted by atomic mass is 16.4. The van der Waals surface area contributed by atoms with E-state index in [4.69, 9.17) is 15.3 Å². The topological polar surface area (TPSA) is 98.1 Å². The maximum absolute atomic E-state index is 10.3. The van der Waals surface area contributed by atoms with Gasteiger partial charge in [-0.2, -0.15) is 0 Å². The minimum Gasteiger partial charge on any atom is -0.480 e. The average molecular weight is 205 g/mol. The van der Waals surface area contributed by atoms with Gasteiger partial charge in [0.15, 0.2) is 0 Å². The molecule has 0 aliphatic carbocycles. The summed E-state index contributed by atoms with van der Waals surface area (Å²) >= 11 is 0. The van der Waals surface area contributed by atoms with Gasteiger partial charge in [-0.15, -0.1) is 0 Å². The molecule has 0 spiro atoms. The summed E-state index contributed by atoms with van der Waals surface area (Å²) < 4.78 is 0. The van der Waals surface area contributed by atoms with Gasteiger partial charge >= 0.3 is 11.9 Å². The molecular weight excluding hydrogens is 190 g/mol. The molecule has 0 aliphatic heterocycles. The maximum Gasteiger partial charge on any atom is 0.317 e. The van der Waals surface area contributed by atoms with Crippen LogP contribution in [0.1, 0.15) is 12.8 Å². The monoisotopic (exact) mass is 205 g/mol. The number of hydrogen-bond donors (Lipinski definition) is 3. The molecule has 0 saturated carbocycles. The highest BCUT2D eigenvalue weighted by Crippen LogP contribution is 1.94. The molecule has 0 radical (unpaired) electrons. The second-order valence-electron chi connectivity index (χ2n) is 2.93. The summed E-state index contributed by atoms with van der Waals surface area (Å²) in [4.78, 5) is 22.0.